The predicted molar refractivity (Wildman–Crippen MR) is 136 cm³/mol. The summed E-state index contributed by atoms with van der Waals surface area (Å²) in [6.07, 6.45) is 1.63. The number of aromatic nitrogens is 3. The molecule has 1 amide bonds. The van der Waals surface area contributed by atoms with Crippen molar-refractivity contribution in [3.63, 3.8) is 0 Å². The van der Waals surface area contributed by atoms with Gasteiger partial charge in [-0.25, -0.2) is 13.8 Å². The summed E-state index contributed by atoms with van der Waals surface area (Å²) in [5, 5.41) is 20.6. The lowest BCUT2D eigenvalue weighted by Gasteiger charge is -2.13. The van der Waals surface area contributed by atoms with Gasteiger partial charge < -0.3 is 15.7 Å². The zero-order chi connectivity index (χ0) is 25.2. The van der Waals surface area contributed by atoms with Crippen molar-refractivity contribution in [2.24, 2.45) is 0 Å². The van der Waals surface area contributed by atoms with Crippen LogP contribution in [0.5, 0.6) is 5.75 Å². The molecular formula is C26H18BrF2N5O2. The number of amides is 1. The zero-order valence-corrected chi connectivity index (χ0v) is 20.1. The number of phenolic OH excluding ortho intramolecular Hbond substituents is 1. The molecule has 0 aliphatic heterocycles. The van der Waals surface area contributed by atoms with Crippen molar-refractivity contribution in [2.75, 3.05) is 10.6 Å². The van der Waals surface area contributed by atoms with E-state index in [0.29, 0.717) is 45.5 Å². The van der Waals surface area contributed by atoms with Crippen LogP contribution in [-0.2, 0) is 6.54 Å². The lowest BCUT2D eigenvalue weighted by Crippen LogP contribution is -2.13. The van der Waals surface area contributed by atoms with E-state index in [1.165, 1.54) is 0 Å². The second kappa shape index (κ2) is 9.74. The van der Waals surface area contributed by atoms with Crippen LogP contribution >= 0.6 is 15.9 Å². The molecular weight excluding hydrogens is 532 g/mol. The molecule has 5 rings (SSSR count). The highest BCUT2D eigenvalue weighted by Crippen LogP contribution is 2.31. The number of fused-ring (bicyclic) bond motifs is 1. The molecule has 180 valence electrons. The standard InChI is InChI=1S/C26H18BrF2N5O2/c27-21-14-31-34-24(12-22(33-25(21)34)20-6-1-2-7-23(20)35)30-13-15-4-3-5-19(8-15)32-26(36)16-9-17(28)11-18(29)10-16/h1-12,14,30,35H,13H2,(H,32,36). The van der Waals surface area contributed by atoms with E-state index in [1.54, 1.807) is 53.2 Å². The van der Waals surface area contributed by atoms with Crippen LogP contribution in [0, 0.1) is 11.6 Å². The van der Waals surface area contributed by atoms with Gasteiger partial charge in [-0.3, -0.25) is 4.79 Å². The van der Waals surface area contributed by atoms with Crippen molar-refractivity contribution in [3.05, 3.63) is 106 Å². The number of nitrogens with one attached hydrogen (secondary N) is 2. The van der Waals surface area contributed by atoms with Crippen molar-refractivity contribution in [3.8, 4) is 17.0 Å². The molecule has 0 radical (unpaired) electrons. The molecule has 2 aromatic heterocycles. The van der Waals surface area contributed by atoms with Crippen LogP contribution in [0.15, 0.2) is 83.5 Å². The van der Waals surface area contributed by atoms with E-state index in [4.69, 9.17) is 0 Å². The third kappa shape index (κ3) is 4.89. The summed E-state index contributed by atoms with van der Waals surface area (Å²) in [5.74, 6) is -1.53. The summed E-state index contributed by atoms with van der Waals surface area (Å²) in [6, 6.07) is 18.4. The lowest BCUT2D eigenvalue weighted by atomic mass is 10.1. The minimum absolute atomic E-state index is 0.109. The first kappa shape index (κ1) is 23.4. The highest BCUT2D eigenvalue weighted by Gasteiger charge is 2.14. The maximum Gasteiger partial charge on any atom is 0.255 e. The highest BCUT2D eigenvalue weighted by atomic mass is 79.9. The number of nitrogens with zero attached hydrogens (tertiary/aromatic N) is 3. The Morgan fingerprint density at radius 3 is 2.56 bits per heavy atom. The number of carbonyl (C=O) groups excluding carboxylic acids is 1. The van der Waals surface area contributed by atoms with Crippen molar-refractivity contribution in [2.45, 2.75) is 6.54 Å². The number of benzene rings is 3. The van der Waals surface area contributed by atoms with E-state index in [1.807, 2.05) is 12.1 Å². The van der Waals surface area contributed by atoms with Crippen molar-refractivity contribution in [1.82, 2.24) is 14.6 Å². The van der Waals surface area contributed by atoms with Gasteiger partial charge in [-0.1, -0.05) is 24.3 Å². The molecule has 3 N–H and O–H groups in total. The zero-order valence-electron chi connectivity index (χ0n) is 18.5. The van der Waals surface area contributed by atoms with Gasteiger partial charge in [-0.05, 0) is 57.9 Å². The molecule has 5 aromatic rings. The summed E-state index contributed by atoms with van der Waals surface area (Å²) >= 11 is 3.46. The van der Waals surface area contributed by atoms with Gasteiger partial charge >= 0.3 is 0 Å². The Morgan fingerprint density at radius 2 is 1.78 bits per heavy atom. The van der Waals surface area contributed by atoms with Gasteiger partial charge in [0.25, 0.3) is 5.91 Å². The van der Waals surface area contributed by atoms with Crippen LogP contribution in [-0.4, -0.2) is 25.6 Å². The molecule has 0 atom stereocenters. The quantitative estimate of drug-likeness (QED) is 0.241. The number of rotatable bonds is 6. The minimum atomic E-state index is -0.824. The first-order valence-electron chi connectivity index (χ1n) is 10.8. The Balaban J connectivity index is 1.38. The van der Waals surface area contributed by atoms with Gasteiger partial charge in [0.2, 0.25) is 0 Å². The van der Waals surface area contributed by atoms with Crippen molar-refractivity contribution in [1.29, 1.82) is 0 Å². The number of para-hydroxylation sites is 1. The van der Waals surface area contributed by atoms with E-state index >= 15 is 0 Å². The monoisotopic (exact) mass is 549 g/mol. The minimum Gasteiger partial charge on any atom is -0.507 e. The van der Waals surface area contributed by atoms with Crippen LogP contribution in [0.3, 0.4) is 0 Å². The summed E-state index contributed by atoms with van der Waals surface area (Å²) < 4.78 is 29.3. The van der Waals surface area contributed by atoms with E-state index < -0.39 is 17.5 Å². The Hall–Kier alpha value is -4.31. The maximum atomic E-state index is 13.5. The van der Waals surface area contributed by atoms with Crippen LogP contribution in [0.2, 0.25) is 0 Å². The average Bonchev–Trinajstić information content (AvgIpc) is 3.23. The Morgan fingerprint density at radius 1 is 1.00 bits per heavy atom. The van der Waals surface area contributed by atoms with Crippen LogP contribution < -0.4 is 10.6 Å². The van der Waals surface area contributed by atoms with Gasteiger partial charge in [0.05, 0.1) is 16.4 Å². The second-order valence-electron chi connectivity index (χ2n) is 7.94. The molecule has 0 bridgehead atoms. The first-order chi connectivity index (χ1) is 17.4. The van der Waals surface area contributed by atoms with E-state index in [0.717, 1.165) is 17.7 Å². The number of hydrogen-bond acceptors (Lipinski definition) is 5. The van der Waals surface area contributed by atoms with Crippen LogP contribution in [0.4, 0.5) is 20.3 Å². The number of halogens is 3. The van der Waals surface area contributed by atoms with Gasteiger partial charge in [-0.2, -0.15) is 9.61 Å². The highest BCUT2D eigenvalue weighted by molar-refractivity contribution is 9.10. The van der Waals surface area contributed by atoms with E-state index in [9.17, 15) is 18.7 Å². The molecule has 3 aromatic carbocycles. The third-order valence-electron chi connectivity index (χ3n) is 5.39. The van der Waals surface area contributed by atoms with Gasteiger partial charge in [0.15, 0.2) is 5.65 Å². The Labute approximate surface area is 212 Å². The number of hydrogen-bond donors (Lipinski definition) is 3. The molecule has 7 nitrogen and oxygen atoms in total. The molecule has 36 heavy (non-hydrogen) atoms. The van der Waals surface area contributed by atoms with Crippen molar-refractivity contribution < 1.29 is 18.7 Å². The maximum absolute atomic E-state index is 13.5. The van der Waals surface area contributed by atoms with E-state index in [-0.39, 0.29) is 11.3 Å². The Bertz CT molecular complexity index is 1580. The fraction of sp³-hybridized carbons (Fsp3) is 0.0385. The van der Waals surface area contributed by atoms with Crippen LogP contribution in [0.1, 0.15) is 15.9 Å². The lowest BCUT2D eigenvalue weighted by molar-refractivity contribution is 0.102. The van der Waals surface area contributed by atoms with Crippen molar-refractivity contribution >= 4 is 39.0 Å². The predicted octanol–water partition coefficient (Wildman–Crippen LogP) is 6.01. The molecule has 0 spiro atoms. The van der Waals surface area contributed by atoms with E-state index in [2.05, 4.69) is 36.6 Å². The topological polar surface area (TPSA) is 91.5 Å². The number of carbonyl (C=O) groups is 1. The number of anilines is 2. The normalized spacial score (nSPS) is 11.0. The SMILES string of the molecule is O=C(Nc1cccc(CNc2cc(-c3ccccc3O)nc3c(Br)cnn23)c1)c1cc(F)cc(F)c1. The summed E-state index contributed by atoms with van der Waals surface area (Å²) in [4.78, 5) is 17.1. The van der Waals surface area contributed by atoms with Gasteiger partial charge in [0, 0.05) is 35.5 Å². The van der Waals surface area contributed by atoms with Gasteiger partial charge in [-0.15, -0.1) is 0 Å². The second-order valence-corrected chi connectivity index (χ2v) is 8.79. The smallest absolute Gasteiger partial charge is 0.255 e. The van der Waals surface area contributed by atoms with Crippen LogP contribution in [0.25, 0.3) is 16.9 Å². The fourth-order valence-electron chi connectivity index (χ4n) is 3.73. The number of phenols is 1. The molecule has 0 aliphatic rings. The molecule has 0 saturated heterocycles. The molecule has 0 saturated carbocycles. The third-order valence-corrected chi connectivity index (χ3v) is 5.95. The average molecular weight is 550 g/mol. The molecule has 0 aliphatic carbocycles. The largest absolute Gasteiger partial charge is 0.507 e. The molecule has 0 fully saturated rings. The fourth-order valence-corrected chi connectivity index (χ4v) is 4.08. The number of aromatic hydroxyl groups is 1. The first-order valence-corrected chi connectivity index (χ1v) is 11.6. The molecule has 2 heterocycles. The van der Waals surface area contributed by atoms with Gasteiger partial charge in [0.1, 0.15) is 23.2 Å². The molecule has 10 heteroatoms. The summed E-state index contributed by atoms with van der Waals surface area (Å²) in [5.41, 5.74) is 2.90. The summed E-state index contributed by atoms with van der Waals surface area (Å²) in [6.45, 7) is 0.370. The molecule has 0 unspecified atom stereocenters. The Kier molecular flexibility index (Phi) is 6.34. The summed E-state index contributed by atoms with van der Waals surface area (Å²) in [7, 11) is 0.